The van der Waals surface area contributed by atoms with Crippen molar-refractivity contribution in [3.05, 3.63) is 11.7 Å². The summed E-state index contributed by atoms with van der Waals surface area (Å²) in [5.74, 6) is 2.16. The number of aromatic nitrogens is 2. The van der Waals surface area contributed by atoms with Gasteiger partial charge in [-0.1, -0.05) is 18.0 Å². The zero-order valence-corrected chi connectivity index (χ0v) is 16.3. The van der Waals surface area contributed by atoms with E-state index >= 15 is 0 Å². The summed E-state index contributed by atoms with van der Waals surface area (Å²) in [5, 5.41) is 6.64. The molecule has 26 heavy (non-hydrogen) atoms. The molecule has 1 N–H and O–H groups in total. The molecule has 144 valence electrons. The molecule has 1 aromatic heterocycles. The number of rotatable bonds is 7. The van der Waals surface area contributed by atoms with E-state index in [1.165, 1.54) is 12.8 Å². The number of urea groups is 1. The quantitative estimate of drug-likeness (QED) is 0.775. The van der Waals surface area contributed by atoms with Crippen molar-refractivity contribution in [1.82, 2.24) is 25.3 Å². The standard InChI is InChI=1S/C17H27N5O3S/c1-21(17(24)18-8-15-19-14(11-26-2)20-25-15)9-12-7-16(23)22(10-12)13-5-3-4-6-13/h12-13H,3-11H2,1-2H3,(H,18,24)/t12-/m1/s1. The molecule has 0 aromatic carbocycles. The number of hydrogen-bond acceptors (Lipinski definition) is 6. The Morgan fingerprint density at radius 1 is 1.42 bits per heavy atom. The first kappa shape index (κ1) is 19.0. The smallest absolute Gasteiger partial charge is 0.317 e. The van der Waals surface area contributed by atoms with Crippen molar-refractivity contribution in [2.45, 2.75) is 50.4 Å². The lowest BCUT2D eigenvalue weighted by molar-refractivity contribution is -0.129. The normalized spacial score (nSPS) is 20.8. The van der Waals surface area contributed by atoms with Crippen LogP contribution in [0.5, 0.6) is 0 Å². The van der Waals surface area contributed by atoms with E-state index in [-0.39, 0.29) is 24.4 Å². The molecule has 0 bridgehead atoms. The number of nitrogens with zero attached hydrogens (tertiary/aromatic N) is 4. The summed E-state index contributed by atoms with van der Waals surface area (Å²) in [7, 11) is 1.75. The van der Waals surface area contributed by atoms with Gasteiger partial charge in [0.2, 0.25) is 11.8 Å². The van der Waals surface area contributed by atoms with E-state index in [0.29, 0.717) is 36.5 Å². The Labute approximate surface area is 158 Å². The number of amides is 3. The van der Waals surface area contributed by atoms with E-state index in [0.717, 1.165) is 19.4 Å². The summed E-state index contributed by atoms with van der Waals surface area (Å²) < 4.78 is 5.11. The number of likely N-dealkylation sites (tertiary alicyclic amines) is 1. The maximum atomic E-state index is 12.3. The molecule has 3 amide bonds. The van der Waals surface area contributed by atoms with Crippen molar-refractivity contribution in [1.29, 1.82) is 0 Å². The number of nitrogens with one attached hydrogen (secondary N) is 1. The first-order valence-corrected chi connectivity index (χ1v) is 10.5. The lowest BCUT2D eigenvalue weighted by Crippen LogP contribution is -2.40. The molecular formula is C17H27N5O3S. The van der Waals surface area contributed by atoms with E-state index < -0.39 is 0 Å². The van der Waals surface area contributed by atoms with E-state index in [4.69, 9.17) is 4.52 Å². The van der Waals surface area contributed by atoms with Crippen LogP contribution in [0.3, 0.4) is 0 Å². The third-order valence-corrected chi connectivity index (χ3v) is 5.60. The Hall–Kier alpha value is -1.77. The Kier molecular flexibility index (Phi) is 6.39. The van der Waals surface area contributed by atoms with E-state index in [1.807, 2.05) is 11.2 Å². The molecule has 3 rings (SSSR count). The van der Waals surface area contributed by atoms with Gasteiger partial charge in [0, 0.05) is 38.5 Å². The second-order valence-corrected chi connectivity index (χ2v) is 8.00. The second-order valence-electron chi connectivity index (χ2n) is 7.13. The molecule has 2 fully saturated rings. The Morgan fingerprint density at radius 3 is 2.92 bits per heavy atom. The minimum absolute atomic E-state index is 0.193. The topological polar surface area (TPSA) is 91.6 Å². The molecule has 1 saturated carbocycles. The molecular weight excluding hydrogens is 354 g/mol. The second kappa shape index (κ2) is 8.75. The van der Waals surface area contributed by atoms with Gasteiger partial charge in [-0.05, 0) is 19.1 Å². The van der Waals surface area contributed by atoms with Crippen molar-refractivity contribution in [2.75, 3.05) is 26.4 Å². The Balaban J connectivity index is 1.43. The van der Waals surface area contributed by atoms with E-state index in [9.17, 15) is 9.59 Å². The average molecular weight is 382 g/mol. The van der Waals surface area contributed by atoms with Gasteiger partial charge < -0.3 is 19.6 Å². The summed E-state index contributed by atoms with van der Waals surface area (Å²) in [5.41, 5.74) is 0. The zero-order valence-electron chi connectivity index (χ0n) is 15.4. The minimum atomic E-state index is -0.193. The molecule has 1 saturated heterocycles. The third kappa shape index (κ3) is 4.69. The predicted molar refractivity (Wildman–Crippen MR) is 98.5 cm³/mol. The summed E-state index contributed by atoms with van der Waals surface area (Å²) in [4.78, 5) is 32.4. The van der Waals surface area contributed by atoms with Gasteiger partial charge in [-0.3, -0.25) is 4.79 Å². The highest BCUT2D eigenvalue weighted by Gasteiger charge is 2.36. The fraction of sp³-hybridized carbons (Fsp3) is 0.765. The first-order valence-electron chi connectivity index (χ1n) is 9.15. The summed E-state index contributed by atoms with van der Waals surface area (Å²) in [6, 6.07) is 0.223. The van der Waals surface area contributed by atoms with Gasteiger partial charge in [-0.2, -0.15) is 16.7 Å². The van der Waals surface area contributed by atoms with Gasteiger partial charge in [0.25, 0.3) is 0 Å². The average Bonchev–Trinajstić information content (AvgIpc) is 3.34. The van der Waals surface area contributed by atoms with Crippen LogP contribution in [0.15, 0.2) is 4.52 Å². The van der Waals surface area contributed by atoms with Crippen molar-refractivity contribution in [3.63, 3.8) is 0 Å². The molecule has 0 spiro atoms. The van der Waals surface area contributed by atoms with Crippen LogP contribution in [0.2, 0.25) is 0 Å². The van der Waals surface area contributed by atoms with Crippen molar-refractivity contribution in [2.24, 2.45) is 5.92 Å². The van der Waals surface area contributed by atoms with Crippen molar-refractivity contribution in [3.8, 4) is 0 Å². The van der Waals surface area contributed by atoms with Crippen LogP contribution in [0.4, 0.5) is 4.79 Å². The minimum Gasteiger partial charge on any atom is -0.339 e. The van der Waals surface area contributed by atoms with E-state index in [2.05, 4.69) is 15.5 Å². The molecule has 2 heterocycles. The highest BCUT2D eigenvalue weighted by atomic mass is 32.2. The lowest BCUT2D eigenvalue weighted by atomic mass is 10.1. The van der Waals surface area contributed by atoms with Gasteiger partial charge in [-0.15, -0.1) is 0 Å². The molecule has 1 aliphatic carbocycles. The fourth-order valence-electron chi connectivity index (χ4n) is 3.81. The van der Waals surface area contributed by atoms with Crippen LogP contribution >= 0.6 is 11.8 Å². The Bertz CT molecular complexity index is 632. The monoisotopic (exact) mass is 381 g/mol. The molecule has 1 aliphatic heterocycles. The van der Waals surface area contributed by atoms with Crippen LogP contribution < -0.4 is 5.32 Å². The maximum absolute atomic E-state index is 12.3. The number of carbonyl (C=O) groups excluding carboxylic acids is 2. The number of hydrogen-bond donors (Lipinski definition) is 1. The first-order chi connectivity index (χ1) is 12.6. The van der Waals surface area contributed by atoms with E-state index in [1.54, 1.807) is 23.7 Å². The van der Waals surface area contributed by atoms with Crippen LogP contribution in [-0.4, -0.2) is 64.3 Å². The fourth-order valence-corrected chi connectivity index (χ4v) is 4.18. The zero-order chi connectivity index (χ0) is 18.5. The largest absolute Gasteiger partial charge is 0.339 e. The van der Waals surface area contributed by atoms with Gasteiger partial charge in [-0.25, -0.2) is 4.79 Å². The summed E-state index contributed by atoms with van der Waals surface area (Å²) in [6.45, 7) is 1.55. The molecule has 1 atom stereocenters. The SMILES string of the molecule is CSCc1noc(CNC(=O)N(C)C[C@H]2CC(=O)N(C3CCCC3)C2)n1. The molecule has 1 aromatic rings. The number of thioether (sulfide) groups is 1. The molecule has 0 unspecified atom stereocenters. The van der Waals surface area contributed by atoms with Gasteiger partial charge in [0.15, 0.2) is 5.82 Å². The molecule has 8 nitrogen and oxygen atoms in total. The third-order valence-electron chi connectivity index (χ3n) is 5.06. The molecule has 0 radical (unpaired) electrons. The van der Waals surface area contributed by atoms with Crippen LogP contribution in [-0.2, 0) is 17.1 Å². The summed E-state index contributed by atoms with van der Waals surface area (Å²) in [6.07, 6.45) is 7.19. The van der Waals surface area contributed by atoms with Gasteiger partial charge in [0.05, 0.1) is 12.3 Å². The lowest BCUT2D eigenvalue weighted by Gasteiger charge is -2.25. The number of carbonyl (C=O) groups is 2. The molecule has 9 heteroatoms. The highest BCUT2D eigenvalue weighted by Crippen LogP contribution is 2.29. The van der Waals surface area contributed by atoms with Crippen LogP contribution in [0.1, 0.15) is 43.8 Å². The maximum Gasteiger partial charge on any atom is 0.317 e. The van der Waals surface area contributed by atoms with Gasteiger partial charge >= 0.3 is 6.03 Å². The van der Waals surface area contributed by atoms with Crippen molar-refractivity contribution < 1.29 is 14.1 Å². The predicted octanol–water partition coefficient (Wildman–Crippen LogP) is 1.87. The van der Waals surface area contributed by atoms with Crippen molar-refractivity contribution >= 4 is 23.7 Å². The Morgan fingerprint density at radius 2 is 2.19 bits per heavy atom. The van der Waals surface area contributed by atoms with Crippen LogP contribution in [0.25, 0.3) is 0 Å². The van der Waals surface area contributed by atoms with Crippen LogP contribution in [0, 0.1) is 5.92 Å². The summed E-state index contributed by atoms with van der Waals surface area (Å²) >= 11 is 1.61. The highest BCUT2D eigenvalue weighted by molar-refractivity contribution is 7.97. The van der Waals surface area contributed by atoms with Gasteiger partial charge in [0.1, 0.15) is 0 Å². The molecule has 2 aliphatic rings.